The third-order valence-corrected chi connectivity index (χ3v) is 4.08. The first-order chi connectivity index (χ1) is 6.75. The lowest BCUT2D eigenvalue weighted by atomic mass is 10.4. The van der Waals surface area contributed by atoms with Crippen LogP contribution in [0.4, 0.5) is 0 Å². The topological polar surface area (TPSA) is 28.7 Å². The third kappa shape index (κ3) is 2.43. The highest BCUT2D eigenvalue weighted by Crippen LogP contribution is 2.30. The van der Waals surface area contributed by atoms with Crippen LogP contribution in [0.2, 0.25) is 5.02 Å². The van der Waals surface area contributed by atoms with E-state index in [4.69, 9.17) is 11.6 Å². The predicted octanol–water partition coefficient (Wildman–Crippen LogP) is 3.82. The molecule has 0 amide bonds. The van der Waals surface area contributed by atoms with Gasteiger partial charge in [-0.15, -0.1) is 0 Å². The fourth-order valence-electron chi connectivity index (χ4n) is 0.960. The van der Waals surface area contributed by atoms with Gasteiger partial charge in [0.05, 0.1) is 11.1 Å². The second kappa shape index (κ2) is 4.55. The Bertz CT molecular complexity index is 427. The minimum Gasteiger partial charge on any atom is -0.271 e. The van der Waals surface area contributed by atoms with Crippen molar-refractivity contribution in [3.63, 3.8) is 0 Å². The van der Waals surface area contributed by atoms with Crippen LogP contribution in [0.3, 0.4) is 0 Å². The summed E-state index contributed by atoms with van der Waals surface area (Å²) in [6, 6.07) is 7.76. The van der Waals surface area contributed by atoms with E-state index in [0.717, 1.165) is 18.5 Å². The molecular formula is C9H6ClIN2S. The standard InChI is InChI=1S/C9H6ClIN2S/c10-6-1-3-7(4-2-6)14-8-5-12-13-9(8)11/h1-5H,(H,12,13). The van der Waals surface area contributed by atoms with Crippen LogP contribution < -0.4 is 0 Å². The maximum atomic E-state index is 5.80. The summed E-state index contributed by atoms with van der Waals surface area (Å²) < 4.78 is 1.06. The van der Waals surface area contributed by atoms with Gasteiger partial charge in [-0.25, -0.2) is 0 Å². The fraction of sp³-hybridized carbons (Fsp3) is 0. The number of rotatable bonds is 2. The summed E-state index contributed by atoms with van der Waals surface area (Å²) in [4.78, 5) is 2.29. The minimum atomic E-state index is 0.760. The van der Waals surface area contributed by atoms with E-state index in [9.17, 15) is 0 Å². The van der Waals surface area contributed by atoms with Crippen molar-refractivity contribution in [1.82, 2.24) is 10.2 Å². The van der Waals surface area contributed by atoms with Gasteiger partial charge < -0.3 is 0 Å². The maximum absolute atomic E-state index is 5.80. The summed E-state index contributed by atoms with van der Waals surface area (Å²) in [6.07, 6.45) is 1.82. The van der Waals surface area contributed by atoms with Crippen molar-refractivity contribution in [2.75, 3.05) is 0 Å². The lowest BCUT2D eigenvalue weighted by Gasteiger charge is -1.98. The number of hydrogen-bond acceptors (Lipinski definition) is 2. The van der Waals surface area contributed by atoms with Crippen LogP contribution in [0, 0.1) is 3.70 Å². The quantitative estimate of drug-likeness (QED) is 0.845. The molecule has 1 aromatic carbocycles. The average molecular weight is 337 g/mol. The van der Waals surface area contributed by atoms with Gasteiger partial charge in [0.15, 0.2) is 0 Å². The second-order valence-electron chi connectivity index (χ2n) is 2.60. The Morgan fingerprint density at radius 1 is 1.29 bits per heavy atom. The van der Waals surface area contributed by atoms with Crippen LogP contribution in [0.25, 0.3) is 0 Å². The monoisotopic (exact) mass is 336 g/mol. The molecule has 14 heavy (non-hydrogen) atoms. The number of hydrogen-bond donors (Lipinski definition) is 1. The zero-order valence-electron chi connectivity index (χ0n) is 7.00. The van der Waals surface area contributed by atoms with Gasteiger partial charge in [0.25, 0.3) is 0 Å². The molecule has 0 aliphatic heterocycles. The Kier molecular flexibility index (Phi) is 3.35. The highest BCUT2D eigenvalue weighted by molar-refractivity contribution is 14.1. The normalized spacial score (nSPS) is 10.4. The SMILES string of the molecule is Clc1ccc(Sc2cn[nH]c2I)cc1. The predicted molar refractivity (Wildman–Crippen MR) is 66.9 cm³/mol. The Labute approximate surface area is 105 Å². The molecule has 0 spiro atoms. The van der Waals surface area contributed by atoms with Gasteiger partial charge in [-0.2, -0.15) is 5.10 Å². The van der Waals surface area contributed by atoms with E-state index in [2.05, 4.69) is 32.8 Å². The summed E-state index contributed by atoms with van der Waals surface area (Å²) in [5.41, 5.74) is 0. The van der Waals surface area contributed by atoms with E-state index >= 15 is 0 Å². The molecule has 2 aromatic rings. The van der Waals surface area contributed by atoms with E-state index < -0.39 is 0 Å². The summed E-state index contributed by atoms with van der Waals surface area (Å²) in [5, 5.41) is 7.61. The fourth-order valence-corrected chi connectivity index (χ4v) is 2.46. The van der Waals surface area contributed by atoms with Crippen molar-refractivity contribution in [1.29, 1.82) is 0 Å². The molecule has 0 bridgehead atoms. The molecule has 1 N–H and O–H groups in total. The van der Waals surface area contributed by atoms with Gasteiger partial charge in [0.1, 0.15) is 3.70 Å². The van der Waals surface area contributed by atoms with Gasteiger partial charge in [0.2, 0.25) is 0 Å². The Morgan fingerprint density at radius 2 is 2.00 bits per heavy atom. The van der Waals surface area contributed by atoms with Crippen molar-refractivity contribution in [2.45, 2.75) is 9.79 Å². The molecular weight excluding hydrogens is 331 g/mol. The van der Waals surface area contributed by atoms with Crippen LogP contribution in [0.1, 0.15) is 0 Å². The number of nitrogens with zero attached hydrogens (tertiary/aromatic N) is 1. The van der Waals surface area contributed by atoms with Crippen LogP contribution >= 0.6 is 46.0 Å². The van der Waals surface area contributed by atoms with Crippen molar-refractivity contribution >= 4 is 46.0 Å². The van der Waals surface area contributed by atoms with E-state index in [1.54, 1.807) is 11.8 Å². The van der Waals surface area contributed by atoms with Gasteiger partial charge in [-0.1, -0.05) is 23.4 Å². The van der Waals surface area contributed by atoms with Gasteiger partial charge in [-0.05, 0) is 46.9 Å². The van der Waals surface area contributed by atoms with Crippen LogP contribution in [0.5, 0.6) is 0 Å². The first-order valence-electron chi connectivity index (χ1n) is 3.88. The molecule has 0 aliphatic rings. The number of aromatic amines is 1. The number of benzene rings is 1. The molecule has 0 aliphatic carbocycles. The largest absolute Gasteiger partial charge is 0.271 e. The zero-order chi connectivity index (χ0) is 9.97. The van der Waals surface area contributed by atoms with Crippen molar-refractivity contribution < 1.29 is 0 Å². The minimum absolute atomic E-state index is 0.760. The van der Waals surface area contributed by atoms with E-state index in [1.807, 2.05) is 30.5 Å². The number of aromatic nitrogens is 2. The molecule has 0 radical (unpaired) electrons. The Morgan fingerprint density at radius 3 is 2.57 bits per heavy atom. The summed E-state index contributed by atoms with van der Waals surface area (Å²) >= 11 is 9.69. The molecule has 5 heteroatoms. The molecule has 2 nitrogen and oxygen atoms in total. The summed E-state index contributed by atoms with van der Waals surface area (Å²) in [7, 11) is 0. The zero-order valence-corrected chi connectivity index (χ0v) is 10.7. The van der Waals surface area contributed by atoms with Crippen LogP contribution in [-0.2, 0) is 0 Å². The molecule has 72 valence electrons. The van der Waals surface area contributed by atoms with Gasteiger partial charge >= 0.3 is 0 Å². The molecule has 0 saturated carbocycles. The first-order valence-corrected chi connectivity index (χ1v) is 6.15. The summed E-state index contributed by atoms with van der Waals surface area (Å²) in [6.45, 7) is 0. The highest BCUT2D eigenvalue weighted by Gasteiger charge is 2.03. The molecule has 1 aromatic heterocycles. The Hall–Kier alpha value is -0.200. The number of halogens is 2. The van der Waals surface area contributed by atoms with Crippen molar-refractivity contribution in [2.24, 2.45) is 0 Å². The first kappa shape index (κ1) is 10.3. The van der Waals surface area contributed by atoms with E-state index in [-0.39, 0.29) is 0 Å². The molecule has 1 heterocycles. The van der Waals surface area contributed by atoms with Crippen LogP contribution in [-0.4, -0.2) is 10.2 Å². The maximum Gasteiger partial charge on any atom is 0.110 e. The van der Waals surface area contributed by atoms with E-state index in [0.29, 0.717) is 0 Å². The molecule has 0 saturated heterocycles. The lowest BCUT2D eigenvalue weighted by molar-refractivity contribution is 1.07. The molecule has 2 rings (SSSR count). The average Bonchev–Trinajstić information content (AvgIpc) is 2.56. The van der Waals surface area contributed by atoms with Crippen molar-refractivity contribution in [3.8, 4) is 0 Å². The second-order valence-corrected chi connectivity index (χ2v) is 5.23. The molecule has 0 unspecified atom stereocenters. The Balaban J connectivity index is 2.19. The van der Waals surface area contributed by atoms with E-state index in [1.165, 1.54) is 0 Å². The number of H-pyrrole nitrogens is 1. The van der Waals surface area contributed by atoms with Gasteiger partial charge in [0, 0.05) is 9.92 Å². The number of nitrogens with one attached hydrogen (secondary N) is 1. The smallest absolute Gasteiger partial charge is 0.110 e. The van der Waals surface area contributed by atoms with Crippen LogP contribution in [0.15, 0.2) is 40.3 Å². The van der Waals surface area contributed by atoms with Gasteiger partial charge in [-0.3, -0.25) is 5.10 Å². The third-order valence-electron chi connectivity index (χ3n) is 1.60. The highest BCUT2D eigenvalue weighted by atomic mass is 127. The summed E-state index contributed by atoms with van der Waals surface area (Å²) in [5.74, 6) is 0. The molecule has 0 atom stereocenters. The van der Waals surface area contributed by atoms with Crippen molar-refractivity contribution in [3.05, 3.63) is 39.2 Å². The lowest BCUT2D eigenvalue weighted by Crippen LogP contribution is -1.74. The molecule has 0 fully saturated rings.